The molecule has 0 radical (unpaired) electrons. The third-order valence-electron chi connectivity index (χ3n) is 3.95. The average Bonchev–Trinajstić information content (AvgIpc) is 2.39. The van der Waals surface area contributed by atoms with Gasteiger partial charge in [-0.05, 0) is 96.3 Å². The van der Waals surface area contributed by atoms with Crippen LogP contribution in [0.5, 0.6) is 0 Å². The number of rotatable bonds is 2. The Labute approximate surface area is 142 Å². The number of benzene rings is 2. The fraction of sp³-hybridized carbons (Fsp3) is 0.294. The third kappa shape index (κ3) is 2.95. The number of halogens is 2. The Morgan fingerprint density at radius 2 is 1.55 bits per heavy atom. The van der Waals surface area contributed by atoms with E-state index in [0.29, 0.717) is 0 Å². The standard InChI is InChI=1S/C17H18BrIO/c1-9-7-10(2)12(4)16(11(9)3)17(20)14-8-13(19)5-6-15(14)18/h5-8,17,20H,1-4H3. The minimum atomic E-state index is -0.599. The molecule has 1 nitrogen and oxygen atoms in total. The second-order valence-electron chi connectivity index (χ2n) is 5.24. The summed E-state index contributed by atoms with van der Waals surface area (Å²) in [6.45, 7) is 8.37. The highest BCUT2D eigenvalue weighted by molar-refractivity contribution is 14.1. The maximum absolute atomic E-state index is 10.9. The van der Waals surface area contributed by atoms with Crippen molar-refractivity contribution in [1.29, 1.82) is 0 Å². The molecule has 0 aliphatic heterocycles. The third-order valence-corrected chi connectivity index (χ3v) is 5.34. The van der Waals surface area contributed by atoms with E-state index in [-0.39, 0.29) is 0 Å². The lowest BCUT2D eigenvalue weighted by Gasteiger charge is -2.21. The van der Waals surface area contributed by atoms with E-state index in [2.05, 4.69) is 72.3 Å². The first kappa shape index (κ1) is 16.0. The maximum Gasteiger partial charge on any atom is 0.106 e. The van der Waals surface area contributed by atoms with Gasteiger partial charge in [0.2, 0.25) is 0 Å². The van der Waals surface area contributed by atoms with Gasteiger partial charge in [-0.2, -0.15) is 0 Å². The Hall–Kier alpha value is -0.390. The van der Waals surface area contributed by atoms with E-state index < -0.39 is 6.10 Å². The van der Waals surface area contributed by atoms with Crippen molar-refractivity contribution < 1.29 is 5.11 Å². The molecule has 2 rings (SSSR count). The monoisotopic (exact) mass is 444 g/mol. The molecule has 0 amide bonds. The van der Waals surface area contributed by atoms with E-state index in [4.69, 9.17) is 0 Å². The van der Waals surface area contributed by atoms with Crippen LogP contribution in [-0.2, 0) is 0 Å². The first-order valence-corrected chi connectivity index (χ1v) is 8.40. The average molecular weight is 445 g/mol. The van der Waals surface area contributed by atoms with Gasteiger partial charge < -0.3 is 5.11 Å². The Kier molecular flexibility index (Phi) is 4.92. The van der Waals surface area contributed by atoms with Gasteiger partial charge in [-0.15, -0.1) is 0 Å². The van der Waals surface area contributed by atoms with Crippen molar-refractivity contribution in [1.82, 2.24) is 0 Å². The molecular formula is C17H18BrIO. The molecular weight excluding hydrogens is 427 g/mol. The van der Waals surface area contributed by atoms with Crippen LogP contribution in [0.1, 0.15) is 39.5 Å². The highest BCUT2D eigenvalue weighted by Crippen LogP contribution is 2.35. The van der Waals surface area contributed by atoms with Crippen molar-refractivity contribution in [2.45, 2.75) is 33.8 Å². The molecule has 1 N–H and O–H groups in total. The lowest BCUT2D eigenvalue weighted by molar-refractivity contribution is 0.217. The largest absolute Gasteiger partial charge is 0.384 e. The van der Waals surface area contributed by atoms with Gasteiger partial charge in [-0.25, -0.2) is 0 Å². The van der Waals surface area contributed by atoms with Crippen molar-refractivity contribution in [3.8, 4) is 0 Å². The molecule has 0 saturated carbocycles. The van der Waals surface area contributed by atoms with Gasteiger partial charge in [-0.1, -0.05) is 22.0 Å². The number of aryl methyl sites for hydroxylation is 2. The molecule has 1 unspecified atom stereocenters. The second-order valence-corrected chi connectivity index (χ2v) is 7.34. The summed E-state index contributed by atoms with van der Waals surface area (Å²) in [7, 11) is 0. The molecule has 0 aliphatic rings. The molecule has 1 atom stereocenters. The molecule has 0 aromatic heterocycles. The van der Waals surface area contributed by atoms with Crippen molar-refractivity contribution in [3.05, 3.63) is 65.7 Å². The molecule has 0 heterocycles. The van der Waals surface area contributed by atoms with Crippen LogP contribution in [0.15, 0.2) is 28.7 Å². The van der Waals surface area contributed by atoms with E-state index in [1.165, 1.54) is 22.3 Å². The minimum absolute atomic E-state index is 0.599. The molecule has 0 fully saturated rings. The van der Waals surface area contributed by atoms with Gasteiger partial charge in [0.15, 0.2) is 0 Å². The second kappa shape index (κ2) is 6.16. The summed E-state index contributed by atoms with van der Waals surface area (Å²) in [6.07, 6.45) is -0.599. The molecule has 20 heavy (non-hydrogen) atoms. The summed E-state index contributed by atoms with van der Waals surface area (Å²) in [5.41, 5.74) is 6.75. The lowest BCUT2D eigenvalue weighted by Crippen LogP contribution is -2.08. The predicted octanol–water partition coefficient (Wildman–Crippen LogP) is 5.37. The van der Waals surface area contributed by atoms with Crippen LogP contribution < -0.4 is 0 Å². The van der Waals surface area contributed by atoms with Crippen LogP contribution in [0.3, 0.4) is 0 Å². The van der Waals surface area contributed by atoms with Crippen LogP contribution in [0.4, 0.5) is 0 Å². The highest BCUT2D eigenvalue weighted by Gasteiger charge is 2.20. The van der Waals surface area contributed by atoms with Crippen molar-refractivity contribution in [2.24, 2.45) is 0 Å². The van der Waals surface area contributed by atoms with E-state index in [1.807, 2.05) is 18.2 Å². The van der Waals surface area contributed by atoms with Gasteiger partial charge in [0, 0.05) is 13.6 Å². The van der Waals surface area contributed by atoms with Crippen molar-refractivity contribution in [2.75, 3.05) is 0 Å². The van der Waals surface area contributed by atoms with Crippen LogP contribution >= 0.6 is 38.5 Å². The molecule has 2 aromatic carbocycles. The zero-order valence-corrected chi connectivity index (χ0v) is 15.8. The molecule has 106 valence electrons. The van der Waals surface area contributed by atoms with Crippen molar-refractivity contribution >= 4 is 38.5 Å². The molecule has 0 saturated heterocycles. The number of aliphatic hydroxyl groups excluding tert-OH is 1. The molecule has 0 aliphatic carbocycles. The van der Waals surface area contributed by atoms with E-state index in [9.17, 15) is 5.11 Å². The summed E-state index contributed by atoms with van der Waals surface area (Å²) in [5.74, 6) is 0. The Morgan fingerprint density at radius 1 is 1.00 bits per heavy atom. The van der Waals surface area contributed by atoms with E-state index >= 15 is 0 Å². The highest BCUT2D eigenvalue weighted by atomic mass is 127. The summed E-state index contributed by atoms with van der Waals surface area (Å²) < 4.78 is 2.07. The Balaban J connectivity index is 2.65. The predicted molar refractivity (Wildman–Crippen MR) is 96.3 cm³/mol. The normalized spacial score (nSPS) is 12.6. The summed E-state index contributed by atoms with van der Waals surface area (Å²) >= 11 is 5.82. The fourth-order valence-corrected chi connectivity index (χ4v) is 3.52. The molecule has 3 heteroatoms. The van der Waals surface area contributed by atoms with Gasteiger partial charge in [0.1, 0.15) is 6.10 Å². The zero-order valence-electron chi connectivity index (χ0n) is 12.1. The molecule has 2 aromatic rings. The van der Waals surface area contributed by atoms with Crippen LogP contribution in [0, 0.1) is 31.3 Å². The van der Waals surface area contributed by atoms with Crippen LogP contribution in [0.25, 0.3) is 0 Å². The lowest BCUT2D eigenvalue weighted by atomic mass is 9.88. The van der Waals surface area contributed by atoms with Gasteiger partial charge >= 0.3 is 0 Å². The quantitative estimate of drug-likeness (QED) is 0.617. The van der Waals surface area contributed by atoms with Crippen LogP contribution in [-0.4, -0.2) is 5.11 Å². The maximum atomic E-state index is 10.9. The minimum Gasteiger partial charge on any atom is -0.384 e. The van der Waals surface area contributed by atoms with Gasteiger partial charge in [-0.3, -0.25) is 0 Å². The zero-order chi connectivity index (χ0) is 15.0. The fourth-order valence-electron chi connectivity index (χ4n) is 2.54. The Morgan fingerprint density at radius 3 is 2.10 bits per heavy atom. The van der Waals surface area contributed by atoms with Crippen LogP contribution in [0.2, 0.25) is 0 Å². The van der Waals surface area contributed by atoms with Crippen molar-refractivity contribution in [3.63, 3.8) is 0 Å². The van der Waals surface area contributed by atoms with E-state index in [0.717, 1.165) is 19.2 Å². The molecule has 0 spiro atoms. The number of aliphatic hydroxyl groups is 1. The summed E-state index contributed by atoms with van der Waals surface area (Å²) in [4.78, 5) is 0. The number of hydrogen-bond donors (Lipinski definition) is 1. The summed E-state index contributed by atoms with van der Waals surface area (Å²) in [6, 6.07) is 8.24. The van der Waals surface area contributed by atoms with Gasteiger partial charge in [0.05, 0.1) is 0 Å². The SMILES string of the molecule is Cc1cc(C)c(C)c(C(O)c2cc(I)ccc2Br)c1C. The van der Waals surface area contributed by atoms with E-state index in [1.54, 1.807) is 0 Å². The Bertz CT molecular complexity index is 638. The first-order valence-electron chi connectivity index (χ1n) is 6.53. The first-order chi connectivity index (χ1) is 9.32. The smallest absolute Gasteiger partial charge is 0.106 e. The topological polar surface area (TPSA) is 20.2 Å². The van der Waals surface area contributed by atoms with Gasteiger partial charge in [0.25, 0.3) is 0 Å². The summed E-state index contributed by atoms with van der Waals surface area (Å²) in [5, 5.41) is 10.9. The number of hydrogen-bond acceptors (Lipinski definition) is 1. The molecule has 0 bridgehead atoms.